The van der Waals surface area contributed by atoms with E-state index in [9.17, 15) is 9.59 Å². The number of rotatable bonds is 3. The van der Waals surface area contributed by atoms with Gasteiger partial charge in [0.2, 0.25) is 0 Å². The molecule has 1 rings (SSSR count). The van der Waals surface area contributed by atoms with Crippen LogP contribution in [-0.4, -0.2) is 41.8 Å². The molecule has 0 aliphatic carbocycles. The lowest BCUT2D eigenvalue weighted by Crippen LogP contribution is -2.43. The molecule has 0 radical (unpaired) electrons. The third kappa shape index (κ3) is 2.29. The van der Waals surface area contributed by atoms with Crippen LogP contribution < -0.4 is 0 Å². The van der Waals surface area contributed by atoms with Gasteiger partial charge in [-0.3, -0.25) is 4.90 Å². The Morgan fingerprint density at radius 1 is 1.67 bits per heavy atom. The fraction of sp³-hybridized carbons (Fsp3) is 0.600. The van der Waals surface area contributed by atoms with Crippen molar-refractivity contribution in [2.75, 3.05) is 13.7 Å². The Morgan fingerprint density at radius 3 is 2.80 bits per heavy atom. The fourth-order valence-corrected chi connectivity index (χ4v) is 1.97. The maximum atomic E-state index is 11.5. The summed E-state index contributed by atoms with van der Waals surface area (Å²) in [6.07, 6.45) is 1.94. The van der Waals surface area contributed by atoms with Crippen LogP contribution in [-0.2, 0) is 9.53 Å². The van der Waals surface area contributed by atoms with Crippen LogP contribution in [0.25, 0.3) is 0 Å². The van der Waals surface area contributed by atoms with Gasteiger partial charge in [0, 0.05) is 6.54 Å². The number of carboxylic acid groups (broad SMARTS) is 1. The number of allylic oxidation sites excluding steroid dienone is 1. The number of hydrogen-bond donors (Lipinski definition) is 1. The molecule has 2 unspecified atom stereocenters. The normalized spacial score (nSPS) is 25.0. The Balaban J connectivity index is 2.81. The summed E-state index contributed by atoms with van der Waals surface area (Å²) in [6.45, 7) is 3.98. The van der Waals surface area contributed by atoms with Gasteiger partial charge in [-0.2, -0.15) is 0 Å². The summed E-state index contributed by atoms with van der Waals surface area (Å²) in [5, 5.41) is 8.91. The van der Waals surface area contributed by atoms with E-state index in [2.05, 4.69) is 11.3 Å². The molecule has 1 saturated heterocycles. The summed E-state index contributed by atoms with van der Waals surface area (Å²) in [4.78, 5) is 23.5. The second-order valence-corrected chi connectivity index (χ2v) is 3.52. The first kappa shape index (κ1) is 11.6. The Hall–Kier alpha value is -1.52. The summed E-state index contributed by atoms with van der Waals surface area (Å²) < 4.78 is 4.61. The van der Waals surface area contributed by atoms with Crippen molar-refractivity contribution in [2.24, 2.45) is 5.92 Å². The van der Waals surface area contributed by atoms with Crippen LogP contribution in [0.15, 0.2) is 12.7 Å². The van der Waals surface area contributed by atoms with E-state index < -0.39 is 18.1 Å². The van der Waals surface area contributed by atoms with E-state index in [1.807, 2.05) is 0 Å². The average Bonchev–Trinajstić information content (AvgIpc) is 2.61. The van der Waals surface area contributed by atoms with Gasteiger partial charge >= 0.3 is 12.1 Å². The number of carbonyl (C=O) groups is 2. The van der Waals surface area contributed by atoms with Crippen LogP contribution in [0.2, 0.25) is 0 Å². The van der Waals surface area contributed by atoms with Crippen molar-refractivity contribution in [3.8, 4) is 0 Å². The molecule has 2 atom stereocenters. The van der Waals surface area contributed by atoms with E-state index in [1.165, 1.54) is 7.11 Å². The molecular formula is C10H15NO4. The van der Waals surface area contributed by atoms with Crippen molar-refractivity contribution in [3.63, 3.8) is 0 Å². The Labute approximate surface area is 88.3 Å². The van der Waals surface area contributed by atoms with Crippen molar-refractivity contribution >= 4 is 12.1 Å². The van der Waals surface area contributed by atoms with Crippen molar-refractivity contribution < 1.29 is 19.4 Å². The van der Waals surface area contributed by atoms with E-state index in [1.54, 1.807) is 6.08 Å². The second-order valence-electron chi connectivity index (χ2n) is 3.52. The van der Waals surface area contributed by atoms with Crippen molar-refractivity contribution in [1.82, 2.24) is 4.90 Å². The maximum absolute atomic E-state index is 11.5. The Morgan fingerprint density at radius 2 is 2.33 bits per heavy atom. The predicted molar refractivity (Wildman–Crippen MR) is 53.5 cm³/mol. The van der Waals surface area contributed by atoms with Crippen molar-refractivity contribution in [3.05, 3.63) is 12.7 Å². The van der Waals surface area contributed by atoms with Gasteiger partial charge in [0.1, 0.15) is 6.04 Å². The van der Waals surface area contributed by atoms with Gasteiger partial charge in [0.15, 0.2) is 0 Å². The molecule has 15 heavy (non-hydrogen) atoms. The van der Waals surface area contributed by atoms with Crippen LogP contribution >= 0.6 is 0 Å². The molecule has 1 aliphatic heterocycles. The summed E-state index contributed by atoms with van der Waals surface area (Å²) in [7, 11) is 1.27. The molecule has 0 aromatic carbocycles. The van der Waals surface area contributed by atoms with Crippen LogP contribution in [0.4, 0.5) is 4.79 Å². The second kappa shape index (κ2) is 4.82. The zero-order valence-electron chi connectivity index (χ0n) is 8.68. The van der Waals surface area contributed by atoms with E-state index in [4.69, 9.17) is 5.11 Å². The van der Waals surface area contributed by atoms with Gasteiger partial charge in [-0.15, -0.1) is 6.58 Å². The zero-order valence-corrected chi connectivity index (χ0v) is 8.68. The predicted octanol–water partition coefficient (Wildman–Crippen LogP) is 1.10. The fourth-order valence-electron chi connectivity index (χ4n) is 1.97. The van der Waals surface area contributed by atoms with Gasteiger partial charge in [-0.1, -0.05) is 6.08 Å². The average molecular weight is 213 g/mol. The van der Waals surface area contributed by atoms with Gasteiger partial charge in [0.25, 0.3) is 0 Å². The number of likely N-dealkylation sites (tertiary alicyclic amines) is 1. The molecule has 1 heterocycles. The first-order valence-corrected chi connectivity index (χ1v) is 4.80. The molecule has 0 saturated carbocycles. The third-order valence-electron chi connectivity index (χ3n) is 2.68. The standard InChI is InChI=1S/C10H15NO4/c1-3-4-7-5-6-11(10(13)14)8(7)9(12)15-2/h3,7-8H,1,4-6H2,2H3,(H,13,14). The zero-order chi connectivity index (χ0) is 11.4. The smallest absolute Gasteiger partial charge is 0.408 e. The molecule has 1 aliphatic rings. The van der Waals surface area contributed by atoms with Crippen molar-refractivity contribution in [2.45, 2.75) is 18.9 Å². The molecule has 0 aromatic heterocycles. The third-order valence-corrected chi connectivity index (χ3v) is 2.68. The van der Waals surface area contributed by atoms with Crippen molar-refractivity contribution in [1.29, 1.82) is 0 Å². The largest absolute Gasteiger partial charge is 0.467 e. The summed E-state index contributed by atoms with van der Waals surface area (Å²) in [6, 6.07) is -0.675. The van der Waals surface area contributed by atoms with Crippen LogP contribution in [0.5, 0.6) is 0 Å². The number of hydrogen-bond acceptors (Lipinski definition) is 3. The van der Waals surface area contributed by atoms with Crippen LogP contribution in [0.1, 0.15) is 12.8 Å². The SMILES string of the molecule is C=CCC1CCN(C(=O)O)C1C(=O)OC. The number of methoxy groups -OCH3 is 1. The lowest BCUT2D eigenvalue weighted by molar-refractivity contribution is -0.146. The van der Waals surface area contributed by atoms with E-state index in [0.29, 0.717) is 19.4 Å². The molecule has 84 valence electrons. The van der Waals surface area contributed by atoms with Crippen LogP contribution in [0, 0.1) is 5.92 Å². The monoisotopic (exact) mass is 213 g/mol. The molecule has 1 amide bonds. The first-order chi connectivity index (χ1) is 7.11. The quantitative estimate of drug-likeness (QED) is 0.563. The molecule has 1 fully saturated rings. The van der Waals surface area contributed by atoms with Gasteiger partial charge < -0.3 is 9.84 Å². The highest BCUT2D eigenvalue weighted by atomic mass is 16.5. The van der Waals surface area contributed by atoms with Gasteiger partial charge in [0.05, 0.1) is 7.11 Å². The number of ether oxygens (including phenoxy) is 1. The minimum atomic E-state index is -1.07. The topological polar surface area (TPSA) is 66.8 Å². The lowest BCUT2D eigenvalue weighted by Gasteiger charge is -2.22. The molecule has 5 heteroatoms. The molecule has 0 aromatic rings. The highest BCUT2D eigenvalue weighted by Gasteiger charge is 2.41. The number of esters is 1. The molecular weight excluding hydrogens is 198 g/mol. The van der Waals surface area contributed by atoms with Gasteiger partial charge in [-0.05, 0) is 18.8 Å². The first-order valence-electron chi connectivity index (χ1n) is 4.80. The summed E-state index contributed by atoms with van der Waals surface area (Å²) >= 11 is 0. The summed E-state index contributed by atoms with van der Waals surface area (Å²) in [5.74, 6) is -0.493. The Bertz CT molecular complexity index is 277. The number of carbonyl (C=O) groups excluding carboxylic acids is 1. The van der Waals surface area contributed by atoms with E-state index in [-0.39, 0.29) is 5.92 Å². The maximum Gasteiger partial charge on any atom is 0.408 e. The van der Waals surface area contributed by atoms with Gasteiger partial charge in [-0.25, -0.2) is 9.59 Å². The minimum absolute atomic E-state index is 0.00829. The number of nitrogens with zero attached hydrogens (tertiary/aromatic N) is 1. The summed E-state index contributed by atoms with van der Waals surface area (Å²) in [5.41, 5.74) is 0. The van der Waals surface area contributed by atoms with Crippen LogP contribution in [0.3, 0.4) is 0 Å². The minimum Gasteiger partial charge on any atom is -0.467 e. The van der Waals surface area contributed by atoms with E-state index in [0.717, 1.165) is 4.90 Å². The molecule has 0 bridgehead atoms. The highest BCUT2D eigenvalue weighted by Crippen LogP contribution is 2.28. The Kier molecular flexibility index (Phi) is 3.71. The van der Waals surface area contributed by atoms with E-state index >= 15 is 0 Å². The highest BCUT2D eigenvalue weighted by molar-refractivity contribution is 5.81. The molecule has 1 N–H and O–H groups in total. The molecule has 0 spiro atoms. The lowest BCUT2D eigenvalue weighted by atomic mass is 9.97. The number of amides is 1. The molecule has 5 nitrogen and oxygen atoms in total.